The van der Waals surface area contributed by atoms with Crippen LogP contribution >= 0.6 is 11.6 Å². The molecule has 1 aliphatic heterocycles. The first kappa shape index (κ1) is 24.2. The summed E-state index contributed by atoms with van der Waals surface area (Å²) >= 11 is 6.06. The number of benzene rings is 2. The van der Waals surface area contributed by atoms with Gasteiger partial charge in [0.2, 0.25) is 17.6 Å². The minimum Gasteiger partial charge on any atom is -0.494 e. The number of carbonyl (C=O) groups is 1. The minimum absolute atomic E-state index is 0.0189. The number of aromatic nitrogens is 2. The second-order valence-electron chi connectivity index (χ2n) is 8.57. The lowest BCUT2D eigenvalue weighted by Gasteiger charge is -2.30. The zero-order valence-electron chi connectivity index (χ0n) is 19.5. The number of hydrogen-bond acceptors (Lipinski definition) is 6. The van der Waals surface area contributed by atoms with Crippen LogP contribution in [0, 0.1) is 5.92 Å². The van der Waals surface area contributed by atoms with Gasteiger partial charge in [-0.3, -0.25) is 9.69 Å². The van der Waals surface area contributed by atoms with Crippen molar-refractivity contribution in [1.29, 1.82) is 0 Å². The molecule has 3 aromatic rings. The summed E-state index contributed by atoms with van der Waals surface area (Å²) in [5, 5.41) is 7.83. The second-order valence-corrected chi connectivity index (χ2v) is 9.00. The SMILES string of the molecule is CCOc1ccc(CCCNC(=O)C2CCCN(Cc3nc(-c4cccc(Cl)c4)no3)C2)cc1. The van der Waals surface area contributed by atoms with Gasteiger partial charge in [0.05, 0.1) is 19.1 Å². The first-order chi connectivity index (χ1) is 16.6. The first-order valence-corrected chi connectivity index (χ1v) is 12.3. The van der Waals surface area contributed by atoms with Gasteiger partial charge in [0, 0.05) is 23.7 Å². The third kappa shape index (κ3) is 6.81. The molecule has 1 atom stereocenters. The molecule has 2 aromatic carbocycles. The number of likely N-dealkylation sites (tertiary alicyclic amines) is 1. The molecule has 0 saturated carbocycles. The highest BCUT2D eigenvalue weighted by molar-refractivity contribution is 6.30. The Kier molecular flexibility index (Phi) is 8.55. The lowest BCUT2D eigenvalue weighted by atomic mass is 9.97. The van der Waals surface area contributed by atoms with Crippen LogP contribution in [0.3, 0.4) is 0 Å². The Bertz CT molecular complexity index is 1070. The normalized spacial score (nSPS) is 16.4. The van der Waals surface area contributed by atoms with Gasteiger partial charge in [-0.15, -0.1) is 0 Å². The highest BCUT2D eigenvalue weighted by Crippen LogP contribution is 2.22. The molecule has 1 amide bonds. The smallest absolute Gasteiger partial charge is 0.241 e. The molecule has 7 nitrogen and oxygen atoms in total. The summed E-state index contributed by atoms with van der Waals surface area (Å²) in [6.07, 6.45) is 3.71. The van der Waals surface area contributed by atoms with Crippen molar-refractivity contribution in [3.63, 3.8) is 0 Å². The number of halogens is 1. The summed E-state index contributed by atoms with van der Waals surface area (Å²) in [7, 11) is 0. The van der Waals surface area contributed by atoms with Gasteiger partial charge in [-0.25, -0.2) is 0 Å². The topological polar surface area (TPSA) is 80.5 Å². The fourth-order valence-electron chi connectivity index (χ4n) is 4.24. The average molecular weight is 483 g/mol. The summed E-state index contributed by atoms with van der Waals surface area (Å²) in [6, 6.07) is 15.5. The molecule has 8 heteroatoms. The molecule has 1 saturated heterocycles. The Morgan fingerprint density at radius 1 is 1.26 bits per heavy atom. The number of nitrogens with zero attached hydrogens (tertiary/aromatic N) is 3. The van der Waals surface area contributed by atoms with E-state index in [1.807, 2.05) is 43.3 Å². The van der Waals surface area contributed by atoms with Crippen molar-refractivity contribution in [3.8, 4) is 17.1 Å². The van der Waals surface area contributed by atoms with Gasteiger partial charge >= 0.3 is 0 Å². The van der Waals surface area contributed by atoms with Crippen LogP contribution in [0.15, 0.2) is 53.1 Å². The maximum atomic E-state index is 12.7. The first-order valence-electron chi connectivity index (χ1n) is 11.9. The predicted octanol–water partition coefficient (Wildman–Crippen LogP) is 4.75. The maximum Gasteiger partial charge on any atom is 0.241 e. The Hall–Kier alpha value is -2.90. The fraction of sp³-hybridized carbons (Fsp3) is 0.423. The van der Waals surface area contributed by atoms with E-state index in [-0.39, 0.29) is 11.8 Å². The molecule has 1 fully saturated rings. The van der Waals surface area contributed by atoms with E-state index < -0.39 is 0 Å². The summed E-state index contributed by atoms with van der Waals surface area (Å²) in [6.45, 7) is 5.47. The molecule has 1 unspecified atom stereocenters. The zero-order chi connectivity index (χ0) is 23.8. The lowest BCUT2D eigenvalue weighted by Crippen LogP contribution is -2.43. The van der Waals surface area contributed by atoms with E-state index in [1.54, 1.807) is 0 Å². The summed E-state index contributed by atoms with van der Waals surface area (Å²) in [5.74, 6) is 2.07. The van der Waals surface area contributed by atoms with Crippen molar-refractivity contribution in [3.05, 3.63) is 65.0 Å². The lowest BCUT2D eigenvalue weighted by molar-refractivity contribution is -0.126. The molecular weight excluding hydrogens is 452 g/mol. The Labute approximate surface area is 205 Å². The molecule has 0 radical (unpaired) electrons. The number of aryl methyl sites for hydroxylation is 1. The van der Waals surface area contributed by atoms with Crippen LogP contribution in [-0.4, -0.2) is 47.2 Å². The molecule has 0 aliphatic carbocycles. The third-order valence-corrected chi connectivity index (χ3v) is 6.20. The Morgan fingerprint density at radius 3 is 2.91 bits per heavy atom. The van der Waals surface area contributed by atoms with E-state index in [0.29, 0.717) is 43.0 Å². The molecule has 2 heterocycles. The van der Waals surface area contributed by atoms with Crippen LogP contribution in [-0.2, 0) is 17.8 Å². The van der Waals surface area contributed by atoms with Crippen LogP contribution in [0.2, 0.25) is 5.02 Å². The van der Waals surface area contributed by atoms with Gasteiger partial charge in [0.15, 0.2) is 0 Å². The molecule has 0 spiro atoms. The minimum atomic E-state index is -0.0189. The van der Waals surface area contributed by atoms with Gasteiger partial charge in [-0.05, 0) is 69.0 Å². The van der Waals surface area contributed by atoms with Gasteiger partial charge in [-0.1, -0.05) is 41.0 Å². The Balaban J connectivity index is 1.21. The Morgan fingerprint density at radius 2 is 2.12 bits per heavy atom. The quantitative estimate of drug-likeness (QED) is 0.420. The van der Waals surface area contributed by atoms with Gasteiger partial charge in [0.1, 0.15) is 5.75 Å². The van der Waals surface area contributed by atoms with E-state index in [9.17, 15) is 4.79 Å². The van der Waals surface area contributed by atoms with Crippen LogP contribution < -0.4 is 10.1 Å². The molecule has 1 aromatic heterocycles. The number of nitrogens with one attached hydrogen (secondary N) is 1. The summed E-state index contributed by atoms with van der Waals surface area (Å²) < 4.78 is 10.9. The summed E-state index contributed by atoms with van der Waals surface area (Å²) in [4.78, 5) is 19.4. The van der Waals surface area contributed by atoms with Crippen molar-refractivity contribution < 1.29 is 14.1 Å². The molecule has 180 valence electrons. The molecular formula is C26H31ClN4O3. The van der Waals surface area contributed by atoms with Crippen molar-refractivity contribution in [1.82, 2.24) is 20.4 Å². The highest BCUT2D eigenvalue weighted by atomic mass is 35.5. The van der Waals surface area contributed by atoms with Crippen molar-refractivity contribution in [2.24, 2.45) is 5.92 Å². The van der Waals surface area contributed by atoms with Crippen molar-refractivity contribution >= 4 is 17.5 Å². The molecule has 4 rings (SSSR count). The molecule has 1 aliphatic rings. The average Bonchev–Trinajstić information content (AvgIpc) is 3.31. The molecule has 34 heavy (non-hydrogen) atoms. The van der Waals surface area contributed by atoms with Crippen LogP contribution in [0.4, 0.5) is 0 Å². The van der Waals surface area contributed by atoms with E-state index in [2.05, 4.69) is 32.5 Å². The van der Waals surface area contributed by atoms with Crippen LogP contribution in [0.5, 0.6) is 5.75 Å². The monoisotopic (exact) mass is 482 g/mol. The highest BCUT2D eigenvalue weighted by Gasteiger charge is 2.26. The van der Waals surface area contributed by atoms with E-state index in [4.69, 9.17) is 20.9 Å². The molecule has 1 N–H and O–H groups in total. The standard InChI is InChI=1S/C26H31ClN4O3/c1-2-33-23-12-10-19(11-13-23)6-4-14-28-26(32)21-8-5-15-31(17-21)18-24-29-25(30-34-24)20-7-3-9-22(27)16-20/h3,7,9-13,16,21H,2,4-6,8,14-15,17-18H2,1H3,(H,28,32). The second kappa shape index (κ2) is 12.0. The van der Waals surface area contributed by atoms with Gasteiger partial charge in [0.25, 0.3) is 0 Å². The maximum absolute atomic E-state index is 12.7. The van der Waals surface area contributed by atoms with Crippen molar-refractivity contribution in [2.75, 3.05) is 26.2 Å². The van der Waals surface area contributed by atoms with E-state index in [0.717, 1.165) is 43.5 Å². The number of carbonyl (C=O) groups excluding carboxylic acids is 1. The van der Waals surface area contributed by atoms with Gasteiger partial charge in [-0.2, -0.15) is 4.98 Å². The largest absolute Gasteiger partial charge is 0.494 e. The number of rotatable bonds is 10. The van der Waals surface area contributed by atoms with Crippen LogP contribution in [0.25, 0.3) is 11.4 Å². The number of hydrogen-bond donors (Lipinski definition) is 1. The fourth-order valence-corrected chi connectivity index (χ4v) is 4.43. The number of ether oxygens (including phenoxy) is 1. The third-order valence-electron chi connectivity index (χ3n) is 5.96. The van der Waals surface area contributed by atoms with Gasteiger partial charge < -0.3 is 14.6 Å². The van der Waals surface area contributed by atoms with Crippen molar-refractivity contribution in [2.45, 2.75) is 39.2 Å². The van der Waals surface area contributed by atoms with Crippen LogP contribution in [0.1, 0.15) is 37.6 Å². The number of amides is 1. The zero-order valence-corrected chi connectivity index (χ0v) is 20.3. The number of piperidine rings is 1. The predicted molar refractivity (Wildman–Crippen MR) is 132 cm³/mol. The summed E-state index contributed by atoms with van der Waals surface area (Å²) in [5.41, 5.74) is 2.07. The van der Waals surface area contributed by atoms with E-state index in [1.165, 1.54) is 5.56 Å². The molecule has 0 bridgehead atoms. The van der Waals surface area contributed by atoms with E-state index >= 15 is 0 Å².